The van der Waals surface area contributed by atoms with Crippen LogP contribution < -0.4 is 15.4 Å². The Morgan fingerprint density at radius 3 is 2.82 bits per heavy atom. The largest absolute Gasteiger partial charge is 0.488 e. The van der Waals surface area contributed by atoms with Crippen molar-refractivity contribution in [2.75, 3.05) is 25.6 Å². The lowest BCUT2D eigenvalue weighted by atomic mass is 10.1. The zero-order valence-electron chi connectivity index (χ0n) is 19.8. The zero-order chi connectivity index (χ0) is 23.5. The van der Waals surface area contributed by atoms with Crippen LogP contribution in [0.5, 0.6) is 5.75 Å². The molecule has 1 saturated heterocycles. The number of anilines is 1. The minimum absolute atomic E-state index is 0.0863. The summed E-state index contributed by atoms with van der Waals surface area (Å²) in [5.41, 5.74) is 3.48. The predicted octanol–water partition coefficient (Wildman–Crippen LogP) is 5.73. The van der Waals surface area contributed by atoms with Gasteiger partial charge in [0.1, 0.15) is 11.9 Å². The lowest BCUT2D eigenvalue weighted by Crippen LogP contribution is -2.15. The summed E-state index contributed by atoms with van der Waals surface area (Å²) in [5, 5.41) is 17.9. The minimum Gasteiger partial charge on any atom is -0.488 e. The first kappa shape index (κ1) is 22.8. The van der Waals surface area contributed by atoms with Crippen molar-refractivity contribution in [3.05, 3.63) is 70.7 Å². The summed E-state index contributed by atoms with van der Waals surface area (Å²) in [4.78, 5) is 2.52. The van der Waals surface area contributed by atoms with Gasteiger partial charge in [0, 0.05) is 33.5 Å². The van der Waals surface area contributed by atoms with Crippen LogP contribution in [0, 0.1) is 6.92 Å². The highest BCUT2D eigenvalue weighted by Crippen LogP contribution is 2.36. The van der Waals surface area contributed by atoms with Crippen LogP contribution in [0.15, 0.2) is 54.6 Å². The molecular weight excluding hydrogens is 444 g/mol. The van der Waals surface area contributed by atoms with E-state index in [-0.39, 0.29) is 12.1 Å². The van der Waals surface area contributed by atoms with Crippen molar-refractivity contribution in [2.45, 2.75) is 39.0 Å². The van der Waals surface area contributed by atoms with Crippen LogP contribution in [0.4, 0.5) is 5.82 Å². The maximum Gasteiger partial charge on any atom is 0.157 e. The molecule has 0 amide bonds. The van der Waals surface area contributed by atoms with E-state index >= 15 is 0 Å². The van der Waals surface area contributed by atoms with Crippen molar-refractivity contribution in [1.29, 1.82) is 0 Å². The van der Waals surface area contributed by atoms with E-state index in [1.165, 1.54) is 20.9 Å². The Kier molecular flexibility index (Phi) is 6.76. The van der Waals surface area contributed by atoms with Crippen molar-refractivity contribution in [2.24, 2.45) is 0 Å². The predicted molar refractivity (Wildman–Crippen MR) is 139 cm³/mol. The van der Waals surface area contributed by atoms with Crippen molar-refractivity contribution in [3.8, 4) is 16.2 Å². The highest BCUT2D eigenvalue weighted by atomic mass is 32.1. The Balaban J connectivity index is 1.40. The first-order chi connectivity index (χ1) is 16.6. The Labute approximate surface area is 204 Å². The van der Waals surface area contributed by atoms with Gasteiger partial charge in [-0.2, -0.15) is 5.10 Å². The van der Waals surface area contributed by atoms with Crippen LogP contribution in [-0.4, -0.2) is 36.6 Å². The van der Waals surface area contributed by atoms with Gasteiger partial charge >= 0.3 is 0 Å². The summed E-state index contributed by atoms with van der Waals surface area (Å²) in [7, 11) is 1.98. The number of nitrogens with zero attached hydrogens (tertiary/aromatic N) is 2. The van der Waals surface area contributed by atoms with Gasteiger partial charge in [-0.3, -0.25) is 0 Å². The van der Waals surface area contributed by atoms with Gasteiger partial charge in [-0.15, -0.1) is 16.4 Å². The molecule has 7 heteroatoms. The van der Waals surface area contributed by atoms with Crippen molar-refractivity contribution >= 4 is 27.9 Å². The minimum atomic E-state index is 0.0863. The molecule has 2 N–H and O–H groups in total. The van der Waals surface area contributed by atoms with Gasteiger partial charge < -0.3 is 20.1 Å². The van der Waals surface area contributed by atoms with Crippen LogP contribution in [0.1, 0.15) is 35.5 Å². The molecule has 0 radical (unpaired) electrons. The van der Waals surface area contributed by atoms with Gasteiger partial charge in [-0.25, -0.2) is 0 Å². The molecule has 2 aromatic heterocycles. The number of ether oxygens (including phenoxy) is 2. The van der Waals surface area contributed by atoms with Crippen molar-refractivity contribution in [3.63, 3.8) is 0 Å². The molecule has 176 valence electrons. The van der Waals surface area contributed by atoms with E-state index in [4.69, 9.17) is 9.47 Å². The first-order valence-electron chi connectivity index (χ1n) is 11.7. The van der Waals surface area contributed by atoms with E-state index in [1.54, 1.807) is 0 Å². The highest BCUT2D eigenvalue weighted by Gasteiger charge is 2.19. The van der Waals surface area contributed by atoms with Gasteiger partial charge in [0.2, 0.25) is 0 Å². The molecule has 0 aliphatic carbocycles. The molecule has 2 aromatic carbocycles. The number of hydrogen-bond acceptors (Lipinski definition) is 7. The van der Waals surface area contributed by atoms with E-state index in [1.807, 2.05) is 31.4 Å². The molecule has 1 aliphatic rings. The molecule has 6 nitrogen and oxygen atoms in total. The van der Waals surface area contributed by atoms with E-state index in [0.717, 1.165) is 47.6 Å². The van der Waals surface area contributed by atoms with Crippen LogP contribution in [-0.2, 0) is 11.3 Å². The van der Waals surface area contributed by atoms with Gasteiger partial charge in [-0.1, -0.05) is 24.3 Å². The highest BCUT2D eigenvalue weighted by molar-refractivity contribution is 7.15. The zero-order valence-corrected chi connectivity index (χ0v) is 20.6. The fourth-order valence-electron chi connectivity index (χ4n) is 4.36. The summed E-state index contributed by atoms with van der Waals surface area (Å²) >= 11 is 1.81. The number of thiophene rings is 1. The van der Waals surface area contributed by atoms with Crippen LogP contribution in [0.2, 0.25) is 0 Å². The summed E-state index contributed by atoms with van der Waals surface area (Å²) < 4.78 is 11.6. The average molecular weight is 475 g/mol. The van der Waals surface area contributed by atoms with E-state index in [9.17, 15) is 0 Å². The normalized spacial score (nSPS) is 16.6. The third-order valence-corrected chi connectivity index (χ3v) is 7.48. The maximum atomic E-state index is 6.15. The van der Waals surface area contributed by atoms with E-state index in [2.05, 4.69) is 76.3 Å². The molecule has 2 atom stereocenters. The lowest BCUT2D eigenvalue weighted by molar-refractivity contribution is 0.141. The Bertz CT molecular complexity index is 1280. The van der Waals surface area contributed by atoms with E-state index in [0.29, 0.717) is 6.61 Å². The fourth-order valence-corrected chi connectivity index (χ4v) is 5.43. The fraction of sp³-hybridized carbons (Fsp3) is 0.333. The first-order valence-corrected chi connectivity index (χ1v) is 12.5. The molecule has 5 rings (SSSR count). The molecule has 1 aliphatic heterocycles. The number of fused-ring (bicyclic) bond motifs is 1. The molecule has 1 fully saturated rings. The molecule has 3 heterocycles. The van der Waals surface area contributed by atoms with Crippen molar-refractivity contribution < 1.29 is 9.47 Å². The molecule has 0 spiro atoms. The molecule has 0 unspecified atom stereocenters. The standard InChI is InChI=1S/C27H30N4O2S/c1-17-22-9-8-20(33-21-12-13-32-16-21)14-24(22)27(31-30-17)29-18(2)25-10-11-26(34-25)23-7-5-4-6-19(23)15-28-3/h4-11,14,18,21,28H,12-13,15-16H2,1-3H3,(H,29,31)/t18-,21+/m1/s1. The SMILES string of the molecule is CNCc1ccccc1-c1ccc([C@@H](C)Nc2nnc(C)c3ccc(O[C@H]4CCOC4)cc23)s1. The quantitative estimate of drug-likeness (QED) is 0.340. The molecule has 34 heavy (non-hydrogen) atoms. The van der Waals surface area contributed by atoms with Crippen molar-refractivity contribution in [1.82, 2.24) is 15.5 Å². The number of hydrogen-bond donors (Lipinski definition) is 2. The smallest absolute Gasteiger partial charge is 0.157 e. The second kappa shape index (κ2) is 10.1. The third kappa shape index (κ3) is 4.78. The van der Waals surface area contributed by atoms with E-state index < -0.39 is 0 Å². The topological polar surface area (TPSA) is 68.3 Å². The second-order valence-corrected chi connectivity index (χ2v) is 9.82. The van der Waals surface area contributed by atoms with Gasteiger partial charge in [-0.05, 0) is 62.4 Å². The average Bonchev–Trinajstić information content (AvgIpc) is 3.54. The van der Waals surface area contributed by atoms with Crippen LogP contribution in [0.3, 0.4) is 0 Å². The monoisotopic (exact) mass is 474 g/mol. The number of aromatic nitrogens is 2. The number of nitrogens with one attached hydrogen (secondary N) is 2. The second-order valence-electron chi connectivity index (χ2n) is 8.70. The number of rotatable bonds is 8. The van der Waals surface area contributed by atoms with Gasteiger partial charge in [0.25, 0.3) is 0 Å². The van der Waals surface area contributed by atoms with Gasteiger partial charge in [0.15, 0.2) is 5.82 Å². The summed E-state index contributed by atoms with van der Waals surface area (Å²) in [6, 6.07) is 19.2. The molecule has 0 saturated carbocycles. The summed E-state index contributed by atoms with van der Waals surface area (Å²) in [6.07, 6.45) is 1.03. The Hall–Kier alpha value is -3.00. The number of benzene rings is 2. The van der Waals surface area contributed by atoms with Crippen LogP contribution >= 0.6 is 11.3 Å². The van der Waals surface area contributed by atoms with Gasteiger partial charge in [0.05, 0.1) is 24.9 Å². The van der Waals surface area contributed by atoms with Crippen LogP contribution in [0.25, 0.3) is 21.2 Å². The third-order valence-electron chi connectivity index (χ3n) is 6.18. The Morgan fingerprint density at radius 1 is 1.12 bits per heavy atom. The Morgan fingerprint density at radius 2 is 2.00 bits per heavy atom. The lowest BCUT2D eigenvalue weighted by Gasteiger charge is -2.17. The number of aryl methyl sites for hydroxylation is 1. The maximum absolute atomic E-state index is 6.15. The molecular formula is C27H30N4O2S. The summed E-state index contributed by atoms with van der Waals surface area (Å²) in [6.45, 7) is 6.40. The summed E-state index contributed by atoms with van der Waals surface area (Å²) in [5.74, 6) is 1.61. The molecule has 0 bridgehead atoms. The molecule has 4 aromatic rings.